The molecule has 1 aliphatic heterocycles. The zero-order chi connectivity index (χ0) is 19.6. The van der Waals surface area contributed by atoms with Gasteiger partial charge in [0.15, 0.2) is 0 Å². The number of rotatable bonds is 5. The van der Waals surface area contributed by atoms with Crippen molar-refractivity contribution in [3.05, 3.63) is 52.2 Å². The highest BCUT2D eigenvalue weighted by molar-refractivity contribution is 7.89. The molecule has 0 radical (unpaired) electrons. The van der Waals surface area contributed by atoms with Crippen molar-refractivity contribution in [1.82, 2.24) is 4.98 Å². The number of piperidine rings is 1. The van der Waals surface area contributed by atoms with Gasteiger partial charge in [0.2, 0.25) is 10.0 Å². The minimum Gasteiger partial charge on any atom is -0.367 e. The molecule has 144 valence electrons. The molecule has 3 N–H and O–H groups in total. The molecule has 2 heterocycles. The lowest BCUT2D eigenvalue weighted by Crippen LogP contribution is -2.39. The van der Waals surface area contributed by atoms with Crippen molar-refractivity contribution in [3.63, 3.8) is 0 Å². The summed E-state index contributed by atoms with van der Waals surface area (Å²) in [6.45, 7) is 3.15. The lowest BCUT2D eigenvalue weighted by Gasteiger charge is -2.34. The summed E-state index contributed by atoms with van der Waals surface area (Å²) in [5.74, 6) is 0.817. The molecule has 1 fully saturated rings. The summed E-state index contributed by atoms with van der Waals surface area (Å²) in [5, 5.41) is 19.9. The Bertz CT molecular complexity index is 956. The van der Waals surface area contributed by atoms with Gasteiger partial charge in [0.25, 0.3) is 5.69 Å². The minimum absolute atomic E-state index is 0.221. The van der Waals surface area contributed by atoms with Crippen LogP contribution < -0.4 is 15.4 Å². The molecule has 9 nitrogen and oxygen atoms in total. The van der Waals surface area contributed by atoms with E-state index in [4.69, 9.17) is 5.14 Å². The second kappa shape index (κ2) is 7.49. The van der Waals surface area contributed by atoms with Gasteiger partial charge in [0, 0.05) is 30.9 Å². The van der Waals surface area contributed by atoms with Crippen molar-refractivity contribution >= 4 is 27.2 Å². The average molecular weight is 391 g/mol. The Labute approximate surface area is 157 Å². The highest BCUT2D eigenvalue weighted by atomic mass is 32.2. The number of nitro benzene ring substituents is 1. The molecule has 0 aliphatic carbocycles. The van der Waals surface area contributed by atoms with Crippen molar-refractivity contribution in [1.29, 1.82) is 0 Å². The van der Waals surface area contributed by atoms with Crippen LogP contribution >= 0.6 is 0 Å². The average Bonchev–Trinajstić information content (AvgIpc) is 2.61. The fraction of sp³-hybridized carbons (Fsp3) is 0.353. The van der Waals surface area contributed by atoms with Crippen molar-refractivity contribution in [3.8, 4) is 0 Å². The minimum atomic E-state index is -3.99. The molecular weight excluding hydrogens is 370 g/mol. The van der Waals surface area contributed by atoms with Crippen molar-refractivity contribution in [2.75, 3.05) is 23.3 Å². The van der Waals surface area contributed by atoms with E-state index in [1.165, 1.54) is 12.1 Å². The fourth-order valence-corrected chi connectivity index (χ4v) is 3.72. The Morgan fingerprint density at radius 1 is 1.26 bits per heavy atom. The van der Waals surface area contributed by atoms with Gasteiger partial charge in [-0.25, -0.2) is 18.5 Å². The molecular formula is C17H21N5O4S. The molecule has 0 saturated carbocycles. The second-order valence-corrected chi connectivity index (χ2v) is 8.08. The van der Waals surface area contributed by atoms with Crippen LogP contribution in [0.25, 0.3) is 0 Å². The highest BCUT2D eigenvalue weighted by Gasteiger charge is 2.26. The molecule has 1 aromatic heterocycles. The number of nitro groups is 1. The quantitative estimate of drug-likeness (QED) is 0.589. The summed E-state index contributed by atoms with van der Waals surface area (Å²) in [6, 6.07) is 9.78. The van der Waals surface area contributed by atoms with E-state index < -0.39 is 14.9 Å². The van der Waals surface area contributed by atoms with Crippen LogP contribution in [-0.2, 0) is 10.0 Å². The van der Waals surface area contributed by atoms with Crippen molar-refractivity contribution in [2.24, 2.45) is 5.14 Å². The largest absolute Gasteiger partial charge is 0.367 e. The number of hydrogen-bond donors (Lipinski definition) is 2. The van der Waals surface area contributed by atoms with Crippen LogP contribution in [0.5, 0.6) is 0 Å². The maximum absolute atomic E-state index is 11.5. The third-order valence-corrected chi connectivity index (χ3v) is 5.46. The first-order valence-corrected chi connectivity index (χ1v) is 10.0. The van der Waals surface area contributed by atoms with Crippen molar-refractivity contribution in [2.45, 2.75) is 30.7 Å². The van der Waals surface area contributed by atoms with Crippen LogP contribution in [0.3, 0.4) is 0 Å². The number of primary sulfonamides is 1. The lowest BCUT2D eigenvalue weighted by atomic mass is 10.0. The number of nitrogens with two attached hydrogens (primary N) is 1. The molecule has 1 saturated heterocycles. The topological polar surface area (TPSA) is 131 Å². The summed E-state index contributed by atoms with van der Waals surface area (Å²) in [4.78, 5) is 16.9. The number of nitrogens with zero attached hydrogens (tertiary/aromatic N) is 3. The summed E-state index contributed by atoms with van der Waals surface area (Å²) in [6.07, 6.45) is 1.56. The van der Waals surface area contributed by atoms with E-state index in [-0.39, 0.29) is 16.6 Å². The monoisotopic (exact) mass is 391 g/mol. The van der Waals surface area contributed by atoms with Gasteiger partial charge in [-0.15, -0.1) is 0 Å². The number of benzene rings is 1. The maximum Gasteiger partial charge on any atom is 0.293 e. The first-order valence-electron chi connectivity index (χ1n) is 8.50. The van der Waals surface area contributed by atoms with E-state index in [9.17, 15) is 18.5 Å². The Kier molecular flexibility index (Phi) is 5.29. The number of hydrogen-bond acceptors (Lipinski definition) is 7. The molecule has 0 atom stereocenters. The summed E-state index contributed by atoms with van der Waals surface area (Å²) < 4.78 is 22.9. The fourth-order valence-electron chi connectivity index (χ4n) is 3.19. The summed E-state index contributed by atoms with van der Waals surface area (Å²) >= 11 is 0. The Hall–Kier alpha value is -2.72. The molecule has 1 aliphatic rings. The molecule has 0 spiro atoms. The molecule has 3 rings (SSSR count). The van der Waals surface area contributed by atoms with Gasteiger partial charge >= 0.3 is 0 Å². The predicted molar refractivity (Wildman–Crippen MR) is 102 cm³/mol. The standard InChI is InChI=1S/C17H21N5O4S/c1-12-3-2-4-17(19-12)20-13-7-9-21(10-8-13)15-6-5-14(27(18,25)26)11-16(15)22(23)24/h2-6,11,13H,7-10H2,1H3,(H,19,20)(H2,18,25,26). The number of sulfonamides is 1. The first-order chi connectivity index (χ1) is 12.7. The van der Waals surface area contributed by atoms with Crippen LogP contribution in [-0.4, -0.2) is 37.5 Å². The van der Waals surface area contributed by atoms with Crippen LogP contribution in [0.15, 0.2) is 41.3 Å². The Morgan fingerprint density at radius 2 is 1.96 bits per heavy atom. The molecule has 2 aromatic rings. The third kappa shape index (κ3) is 4.52. The lowest BCUT2D eigenvalue weighted by molar-refractivity contribution is -0.384. The Balaban J connectivity index is 1.73. The van der Waals surface area contributed by atoms with Crippen LogP contribution in [0.1, 0.15) is 18.5 Å². The molecule has 10 heteroatoms. The van der Waals surface area contributed by atoms with E-state index in [1.54, 1.807) is 0 Å². The predicted octanol–water partition coefficient (Wildman–Crippen LogP) is 2.03. The summed E-state index contributed by atoms with van der Waals surface area (Å²) in [7, 11) is -3.99. The van der Waals surface area contributed by atoms with Crippen LogP contribution in [0.2, 0.25) is 0 Å². The van der Waals surface area contributed by atoms with E-state index in [2.05, 4.69) is 10.3 Å². The second-order valence-electron chi connectivity index (χ2n) is 6.52. The van der Waals surface area contributed by atoms with E-state index in [1.807, 2.05) is 30.0 Å². The first kappa shape index (κ1) is 19.1. The van der Waals surface area contributed by atoms with Gasteiger partial charge in [-0.3, -0.25) is 10.1 Å². The number of nitrogens with one attached hydrogen (secondary N) is 1. The van der Waals surface area contributed by atoms with Gasteiger partial charge in [0.05, 0.1) is 9.82 Å². The van der Waals surface area contributed by atoms with E-state index in [0.717, 1.165) is 30.4 Å². The van der Waals surface area contributed by atoms with Crippen molar-refractivity contribution < 1.29 is 13.3 Å². The van der Waals surface area contributed by atoms with E-state index in [0.29, 0.717) is 18.8 Å². The van der Waals surface area contributed by atoms with Crippen LogP contribution in [0, 0.1) is 17.0 Å². The molecule has 0 unspecified atom stereocenters. The molecule has 1 aromatic carbocycles. The van der Waals surface area contributed by atoms with E-state index >= 15 is 0 Å². The van der Waals surface area contributed by atoms with Gasteiger partial charge < -0.3 is 10.2 Å². The maximum atomic E-state index is 11.5. The molecule has 27 heavy (non-hydrogen) atoms. The normalized spacial score (nSPS) is 15.6. The zero-order valence-electron chi connectivity index (χ0n) is 14.8. The SMILES string of the molecule is Cc1cccc(NC2CCN(c3ccc(S(N)(=O)=O)cc3[N+](=O)[O-])CC2)n1. The smallest absolute Gasteiger partial charge is 0.293 e. The summed E-state index contributed by atoms with van der Waals surface area (Å²) in [5.41, 5.74) is 1.08. The zero-order valence-corrected chi connectivity index (χ0v) is 15.6. The number of aryl methyl sites for hydroxylation is 1. The van der Waals surface area contributed by atoms with Gasteiger partial charge in [-0.05, 0) is 44.0 Å². The molecule has 0 bridgehead atoms. The van der Waals surface area contributed by atoms with Crippen LogP contribution in [0.4, 0.5) is 17.2 Å². The number of anilines is 2. The number of pyridine rings is 1. The molecule has 0 amide bonds. The van der Waals surface area contributed by atoms with Gasteiger partial charge in [0.1, 0.15) is 11.5 Å². The Morgan fingerprint density at radius 3 is 2.56 bits per heavy atom. The number of aromatic nitrogens is 1. The third-order valence-electron chi connectivity index (χ3n) is 4.55. The van der Waals surface area contributed by atoms with Gasteiger partial charge in [-0.1, -0.05) is 6.07 Å². The van der Waals surface area contributed by atoms with Gasteiger partial charge in [-0.2, -0.15) is 0 Å². The highest BCUT2D eigenvalue weighted by Crippen LogP contribution is 2.32.